The molecule has 0 fully saturated rings. The first-order valence-corrected chi connectivity index (χ1v) is 28.0. The highest BCUT2D eigenvalue weighted by atomic mass is 32.1. The lowest BCUT2D eigenvalue weighted by Crippen LogP contribution is -2.61. The van der Waals surface area contributed by atoms with Crippen LogP contribution in [-0.4, -0.2) is 6.71 Å². The van der Waals surface area contributed by atoms with Gasteiger partial charge in [-0.25, -0.2) is 0 Å². The molecule has 2 nitrogen and oxygen atoms in total. The number of nitrogens with zero attached hydrogens (tertiary/aromatic N) is 2. The third kappa shape index (κ3) is 6.45. The minimum Gasteiger partial charge on any atom is -0.311 e. The molecule has 0 unspecified atom stereocenters. The Bertz CT molecular complexity index is 3680. The van der Waals surface area contributed by atoms with Crippen LogP contribution in [0.1, 0.15) is 165 Å². The van der Waals surface area contributed by atoms with Crippen LogP contribution in [0.4, 0.5) is 34.1 Å². The zero-order valence-corrected chi connectivity index (χ0v) is 46.6. The molecule has 0 radical (unpaired) electrons. The Morgan fingerprint density at radius 1 is 0.417 bits per heavy atom. The van der Waals surface area contributed by atoms with E-state index in [1.807, 2.05) is 11.3 Å². The molecule has 72 heavy (non-hydrogen) atoms. The van der Waals surface area contributed by atoms with Crippen LogP contribution in [0.3, 0.4) is 0 Å². The van der Waals surface area contributed by atoms with Gasteiger partial charge >= 0.3 is 0 Å². The Balaban J connectivity index is 1.16. The van der Waals surface area contributed by atoms with E-state index < -0.39 is 0 Å². The van der Waals surface area contributed by atoms with Crippen molar-refractivity contribution in [2.24, 2.45) is 0 Å². The predicted octanol–water partition coefficient (Wildman–Crippen LogP) is 17.4. The third-order valence-electron chi connectivity index (χ3n) is 19.2. The van der Waals surface area contributed by atoms with Gasteiger partial charge in [-0.1, -0.05) is 144 Å². The van der Waals surface area contributed by atoms with E-state index in [-0.39, 0.29) is 39.2 Å². The van der Waals surface area contributed by atoms with Crippen molar-refractivity contribution in [3.63, 3.8) is 0 Å². The van der Waals surface area contributed by atoms with Crippen molar-refractivity contribution in [3.05, 3.63) is 159 Å². The SMILES string of the molecule is Cc1cc2c3c(c1)N(c1cc4c(cc1C)C(C)(C)CCC4(C)C)c1cc4c(cc1B3c1cc(-c3cccc5sc6ccccc6c35)ccc1N2c1cc2c(cc1C)C(C)(C)CCC2(C)C)C(C)(C)CC4(C)C. The number of benzene rings is 7. The van der Waals surface area contributed by atoms with Gasteiger partial charge in [0.25, 0.3) is 6.71 Å². The Kier molecular flexibility index (Phi) is 9.51. The minimum atomic E-state index is 0.0119. The van der Waals surface area contributed by atoms with Crippen LogP contribution in [0, 0.1) is 20.8 Å². The lowest BCUT2D eigenvalue weighted by molar-refractivity contribution is 0.332. The van der Waals surface area contributed by atoms with Crippen LogP contribution < -0.4 is 26.2 Å². The van der Waals surface area contributed by atoms with Crippen LogP contribution in [0.15, 0.2) is 109 Å². The number of rotatable bonds is 3. The summed E-state index contributed by atoms with van der Waals surface area (Å²) in [6.07, 6.45) is 5.89. The summed E-state index contributed by atoms with van der Waals surface area (Å²) in [5.74, 6) is 0. The van der Waals surface area contributed by atoms with Crippen molar-refractivity contribution in [3.8, 4) is 11.1 Å². The molecule has 3 heterocycles. The van der Waals surface area contributed by atoms with E-state index in [1.165, 1.54) is 158 Å². The van der Waals surface area contributed by atoms with Gasteiger partial charge in [0.15, 0.2) is 0 Å². The maximum absolute atomic E-state index is 2.75. The van der Waals surface area contributed by atoms with Crippen LogP contribution in [0.25, 0.3) is 31.3 Å². The number of aryl methyl sites for hydroxylation is 3. The van der Waals surface area contributed by atoms with Gasteiger partial charge in [-0.3, -0.25) is 0 Å². The van der Waals surface area contributed by atoms with Gasteiger partial charge in [0, 0.05) is 54.3 Å². The van der Waals surface area contributed by atoms with Gasteiger partial charge in [-0.15, -0.1) is 11.3 Å². The number of fused-ring (bicyclic) bond motifs is 10. The van der Waals surface area contributed by atoms with Gasteiger partial charge in [0.05, 0.1) is 0 Å². The molecule has 1 aromatic heterocycles. The minimum absolute atomic E-state index is 0.0119. The Labute approximate surface area is 435 Å². The van der Waals surface area contributed by atoms with Crippen LogP contribution >= 0.6 is 11.3 Å². The van der Waals surface area contributed by atoms with Crippen LogP contribution in [0.2, 0.25) is 0 Å². The van der Waals surface area contributed by atoms with Crippen molar-refractivity contribution in [2.75, 3.05) is 9.80 Å². The molecular weight excluding hydrogens is 888 g/mol. The maximum Gasteiger partial charge on any atom is 0.252 e. The molecule has 0 amide bonds. The van der Waals surface area contributed by atoms with Crippen molar-refractivity contribution in [2.45, 2.75) is 168 Å². The summed E-state index contributed by atoms with van der Waals surface area (Å²) in [5.41, 5.74) is 28.2. The number of thiophene rings is 1. The molecule has 0 saturated carbocycles. The topological polar surface area (TPSA) is 6.48 Å². The monoisotopic (exact) mass is 961 g/mol. The zero-order chi connectivity index (χ0) is 50.6. The van der Waals surface area contributed by atoms with E-state index in [9.17, 15) is 0 Å². The fraction of sp³-hybridized carbons (Fsp3) is 0.382. The predicted molar refractivity (Wildman–Crippen MR) is 314 cm³/mol. The van der Waals surface area contributed by atoms with Crippen LogP contribution in [0.5, 0.6) is 0 Å². The summed E-state index contributed by atoms with van der Waals surface area (Å²) in [7, 11) is 0. The van der Waals surface area contributed by atoms with Crippen molar-refractivity contribution >= 4 is 88.7 Å². The largest absolute Gasteiger partial charge is 0.311 e. The van der Waals surface area contributed by atoms with E-state index >= 15 is 0 Å². The second-order valence-corrected chi connectivity index (χ2v) is 28.3. The normalized spacial score (nSPS) is 19.9. The summed E-state index contributed by atoms with van der Waals surface area (Å²) in [6, 6.07) is 44.4. The first-order valence-electron chi connectivity index (χ1n) is 27.2. The number of anilines is 6. The van der Waals surface area contributed by atoms with E-state index in [0.29, 0.717) is 0 Å². The second kappa shape index (κ2) is 14.8. The quantitative estimate of drug-likeness (QED) is 0.163. The molecular formula is C68H73BN2S. The highest BCUT2D eigenvalue weighted by Gasteiger charge is 2.49. The highest BCUT2D eigenvalue weighted by Crippen LogP contribution is 2.56. The Morgan fingerprint density at radius 2 is 0.889 bits per heavy atom. The van der Waals surface area contributed by atoms with Gasteiger partial charge < -0.3 is 9.80 Å². The molecule has 0 bridgehead atoms. The summed E-state index contributed by atoms with van der Waals surface area (Å²) in [6.45, 7) is 36.9. The number of hydrogen-bond acceptors (Lipinski definition) is 3. The molecule has 8 aromatic rings. The average Bonchev–Trinajstić information content (AvgIpc) is 3.78. The summed E-state index contributed by atoms with van der Waals surface area (Å²) < 4.78 is 2.69. The first-order chi connectivity index (χ1) is 33.9. The van der Waals surface area contributed by atoms with E-state index in [4.69, 9.17) is 0 Å². The van der Waals surface area contributed by atoms with Crippen LogP contribution in [-0.2, 0) is 32.5 Å². The van der Waals surface area contributed by atoms with Gasteiger partial charge in [0.1, 0.15) is 0 Å². The second-order valence-electron chi connectivity index (χ2n) is 27.2. The molecule has 364 valence electrons. The first kappa shape index (κ1) is 46.2. The molecule has 0 saturated heterocycles. The lowest BCUT2D eigenvalue weighted by Gasteiger charge is -2.47. The molecule has 0 atom stereocenters. The molecule has 0 N–H and O–H groups in total. The highest BCUT2D eigenvalue weighted by molar-refractivity contribution is 7.26. The zero-order valence-electron chi connectivity index (χ0n) is 45.8. The van der Waals surface area contributed by atoms with E-state index in [1.54, 1.807) is 0 Å². The third-order valence-corrected chi connectivity index (χ3v) is 20.4. The molecule has 4 heteroatoms. The molecule has 3 aliphatic carbocycles. The molecule has 7 aromatic carbocycles. The van der Waals surface area contributed by atoms with E-state index in [0.717, 1.165) is 6.42 Å². The molecule has 5 aliphatic rings. The Hall–Kier alpha value is -5.58. The van der Waals surface area contributed by atoms with Gasteiger partial charge in [0.2, 0.25) is 0 Å². The Morgan fingerprint density at radius 3 is 1.47 bits per heavy atom. The van der Waals surface area contributed by atoms with Gasteiger partial charge in [-0.05, 0) is 211 Å². The molecule has 13 rings (SSSR count). The van der Waals surface area contributed by atoms with Crippen molar-refractivity contribution in [1.82, 2.24) is 0 Å². The molecule has 2 aliphatic heterocycles. The molecule has 0 spiro atoms. The van der Waals surface area contributed by atoms with Crippen molar-refractivity contribution in [1.29, 1.82) is 0 Å². The van der Waals surface area contributed by atoms with E-state index in [2.05, 4.69) is 223 Å². The standard InChI is InChI=1S/C68H73BN2S/c1-39-29-57-62-58(30-39)71(55-36-49-46(32-41(55)3)64(6,7)26-28-66(49,10)11)56-37-50-47(67(12,13)38-68(50,14)15)34-52(56)69(62)51-33-42(43-20-18-22-60-61(43)44-19-16-17-21-59(44)72-60)23-24-53(51)70(57)54-35-48-45(31-40(54)2)63(4,5)25-27-65(48,8)9/h16-24,29-37H,25-28,38H2,1-15H3. The average molecular weight is 961 g/mol. The summed E-state index contributed by atoms with van der Waals surface area (Å²) in [5, 5.41) is 2.71. The fourth-order valence-corrected chi connectivity index (χ4v) is 16.3. The maximum atomic E-state index is 2.75. The van der Waals surface area contributed by atoms with Gasteiger partial charge in [-0.2, -0.15) is 0 Å². The lowest BCUT2D eigenvalue weighted by atomic mass is 9.33. The summed E-state index contributed by atoms with van der Waals surface area (Å²) in [4.78, 5) is 5.47. The number of hydrogen-bond donors (Lipinski definition) is 0. The summed E-state index contributed by atoms with van der Waals surface area (Å²) >= 11 is 1.91. The smallest absolute Gasteiger partial charge is 0.252 e. The van der Waals surface area contributed by atoms with Crippen molar-refractivity contribution < 1.29 is 0 Å². The fourth-order valence-electron chi connectivity index (χ4n) is 15.2.